The molecule has 3 aromatic carbocycles. The van der Waals surface area contributed by atoms with Crippen LogP contribution in [-0.4, -0.2) is 77.7 Å². The maximum atomic E-state index is 13.3. The number of aromatic amines is 1. The van der Waals surface area contributed by atoms with E-state index in [9.17, 15) is 14.9 Å². The molecule has 0 saturated carbocycles. The average molecular weight is 773 g/mol. The molecular weight excluding hydrogens is 723 g/mol. The molecule has 2 aliphatic heterocycles. The van der Waals surface area contributed by atoms with Crippen molar-refractivity contribution in [2.45, 2.75) is 88.9 Å². The molecule has 1 aromatic heterocycles. The molecule has 6 atom stereocenters. The summed E-state index contributed by atoms with van der Waals surface area (Å²) in [6.07, 6.45) is -1.61. The third-order valence-corrected chi connectivity index (χ3v) is 12.2. The van der Waals surface area contributed by atoms with Crippen molar-refractivity contribution in [1.82, 2.24) is 14.2 Å². The number of H-pyrrole nitrogens is 1. The van der Waals surface area contributed by atoms with E-state index < -0.39 is 55.5 Å². The van der Waals surface area contributed by atoms with Gasteiger partial charge in [0.05, 0.1) is 46.0 Å². The van der Waals surface area contributed by atoms with Crippen LogP contribution in [0, 0.1) is 11.3 Å². The van der Waals surface area contributed by atoms with Gasteiger partial charge in [-0.15, -0.1) is 0 Å². The lowest BCUT2D eigenvalue weighted by molar-refractivity contribution is -0.231. The SMILES string of the molecule is COc1ccc(C(OC[C@]23O[C@@H](n4ccc(=O)[nH]c4=O)[C@@H](OC2C)[C@H]3OP(OCCC#N)N(C(C)C)C(C)C)(c2ccccc2)c2ccc(OC)cc2)cc1. The van der Waals surface area contributed by atoms with Gasteiger partial charge in [-0.2, -0.15) is 5.26 Å². The van der Waals surface area contributed by atoms with Crippen LogP contribution in [0.25, 0.3) is 0 Å². The zero-order valence-corrected chi connectivity index (χ0v) is 33.1. The third kappa shape index (κ3) is 7.86. The summed E-state index contributed by atoms with van der Waals surface area (Å²) in [5, 5.41) is 9.38. The first-order valence-electron chi connectivity index (χ1n) is 18.4. The molecule has 292 valence electrons. The molecule has 55 heavy (non-hydrogen) atoms. The summed E-state index contributed by atoms with van der Waals surface area (Å²) in [6.45, 7) is 10.2. The lowest BCUT2D eigenvalue weighted by atomic mass is 9.79. The van der Waals surface area contributed by atoms with Gasteiger partial charge in [-0.25, -0.2) is 9.46 Å². The molecule has 0 spiro atoms. The number of nitriles is 1. The molecule has 2 fully saturated rings. The fourth-order valence-corrected chi connectivity index (χ4v) is 9.31. The Morgan fingerprint density at radius 1 is 0.909 bits per heavy atom. The van der Waals surface area contributed by atoms with Crippen LogP contribution in [0.2, 0.25) is 0 Å². The Morgan fingerprint density at radius 2 is 1.49 bits per heavy atom. The highest BCUT2D eigenvalue weighted by atomic mass is 31.2. The Balaban J connectivity index is 1.51. The van der Waals surface area contributed by atoms with E-state index in [4.69, 9.17) is 32.7 Å². The molecule has 0 amide bonds. The molecular formula is C41H49N4O9P. The average Bonchev–Trinajstić information content (AvgIpc) is 3.62. The molecule has 2 aliphatic rings. The highest BCUT2D eigenvalue weighted by Crippen LogP contribution is 2.58. The predicted molar refractivity (Wildman–Crippen MR) is 207 cm³/mol. The van der Waals surface area contributed by atoms with Gasteiger partial charge in [-0.05, 0) is 75.6 Å². The van der Waals surface area contributed by atoms with Crippen LogP contribution < -0.4 is 20.7 Å². The molecule has 6 rings (SSSR count). The number of benzene rings is 3. The van der Waals surface area contributed by atoms with Crippen LogP contribution in [0.5, 0.6) is 11.5 Å². The van der Waals surface area contributed by atoms with E-state index in [0.29, 0.717) is 11.5 Å². The fourth-order valence-electron chi connectivity index (χ4n) is 7.52. The van der Waals surface area contributed by atoms with Gasteiger partial charge in [-0.1, -0.05) is 54.6 Å². The highest BCUT2D eigenvalue weighted by Gasteiger charge is 2.68. The molecule has 0 aliphatic carbocycles. The minimum Gasteiger partial charge on any atom is -0.497 e. The van der Waals surface area contributed by atoms with Gasteiger partial charge in [0.15, 0.2) is 6.23 Å². The maximum Gasteiger partial charge on any atom is 0.330 e. The fraction of sp³-hybridized carbons (Fsp3) is 0.439. The standard InChI is InChI=1S/C41H49N4O9P/c1-27(2)45(28(3)4)55(51-25-11-23-42)54-37-36-38(44-24-22-35(46)43-39(44)47)53-40(37,29(5)52-36)26-50-41(30-12-9-8-10-13-30,31-14-18-33(48-6)19-15-31)32-16-20-34(49-7)21-17-32/h8-10,12-22,24,27-29,36-38H,11,25-26H2,1-7H3,(H,43,46,47)/t29?,36-,37+,38+,40-,55?/m0/s1. The van der Waals surface area contributed by atoms with Gasteiger partial charge in [-0.3, -0.25) is 14.3 Å². The minimum atomic E-state index is -1.78. The summed E-state index contributed by atoms with van der Waals surface area (Å²) in [4.78, 5) is 27.7. The summed E-state index contributed by atoms with van der Waals surface area (Å²) < 4.78 is 49.0. The van der Waals surface area contributed by atoms with E-state index in [1.165, 1.54) is 16.8 Å². The van der Waals surface area contributed by atoms with Crippen molar-refractivity contribution < 1.29 is 32.7 Å². The van der Waals surface area contributed by atoms with Gasteiger partial charge < -0.3 is 32.7 Å². The molecule has 1 N–H and O–H groups in total. The Bertz CT molecular complexity index is 1980. The van der Waals surface area contributed by atoms with Crippen LogP contribution in [0.3, 0.4) is 0 Å². The molecule has 4 aromatic rings. The Labute approximate surface area is 322 Å². The summed E-state index contributed by atoms with van der Waals surface area (Å²) in [5.41, 5.74) is -1.20. The second-order valence-electron chi connectivity index (χ2n) is 14.1. The number of ether oxygens (including phenoxy) is 5. The smallest absolute Gasteiger partial charge is 0.330 e. The number of nitrogens with zero attached hydrogens (tertiary/aromatic N) is 3. The van der Waals surface area contributed by atoms with Crippen molar-refractivity contribution in [2.24, 2.45) is 0 Å². The normalized spacial score (nSPS) is 22.6. The van der Waals surface area contributed by atoms with Gasteiger partial charge >= 0.3 is 5.69 Å². The zero-order valence-electron chi connectivity index (χ0n) is 32.2. The van der Waals surface area contributed by atoms with Crippen molar-refractivity contribution >= 4 is 8.53 Å². The van der Waals surface area contributed by atoms with Crippen LogP contribution >= 0.6 is 8.53 Å². The molecule has 2 saturated heterocycles. The number of nitrogens with one attached hydrogen (secondary N) is 1. The Hall–Kier alpha value is -4.38. The van der Waals surface area contributed by atoms with Crippen molar-refractivity contribution in [3.05, 3.63) is 129 Å². The number of hydrogen-bond donors (Lipinski definition) is 1. The highest BCUT2D eigenvalue weighted by molar-refractivity contribution is 7.44. The molecule has 14 heteroatoms. The Morgan fingerprint density at radius 3 is 2.02 bits per heavy atom. The first-order valence-corrected chi connectivity index (χ1v) is 19.5. The summed E-state index contributed by atoms with van der Waals surface area (Å²) >= 11 is 0. The van der Waals surface area contributed by atoms with Crippen LogP contribution in [0.15, 0.2) is 101 Å². The number of methoxy groups -OCH3 is 2. The van der Waals surface area contributed by atoms with Crippen molar-refractivity contribution in [3.8, 4) is 17.6 Å². The molecule has 2 unspecified atom stereocenters. The quantitative estimate of drug-likeness (QED) is 0.0735. The van der Waals surface area contributed by atoms with E-state index in [1.54, 1.807) is 14.2 Å². The summed E-state index contributed by atoms with van der Waals surface area (Å²) in [5.74, 6) is 1.37. The lowest BCUT2D eigenvalue weighted by Gasteiger charge is -2.43. The van der Waals surface area contributed by atoms with Crippen molar-refractivity contribution in [2.75, 3.05) is 27.4 Å². The van der Waals surface area contributed by atoms with E-state index in [-0.39, 0.29) is 31.7 Å². The van der Waals surface area contributed by atoms with Gasteiger partial charge in [0, 0.05) is 24.3 Å². The van der Waals surface area contributed by atoms with Crippen molar-refractivity contribution in [3.63, 3.8) is 0 Å². The second-order valence-corrected chi connectivity index (χ2v) is 15.5. The number of hydrogen-bond acceptors (Lipinski definition) is 11. The van der Waals surface area contributed by atoms with Gasteiger partial charge in [0.2, 0.25) is 0 Å². The topological polar surface area (TPSA) is 147 Å². The van der Waals surface area contributed by atoms with E-state index in [0.717, 1.165) is 16.7 Å². The Kier molecular flexibility index (Phi) is 12.6. The molecule has 0 radical (unpaired) electrons. The largest absolute Gasteiger partial charge is 0.497 e. The zero-order chi connectivity index (χ0) is 39.3. The van der Waals surface area contributed by atoms with Crippen molar-refractivity contribution in [1.29, 1.82) is 5.26 Å². The van der Waals surface area contributed by atoms with Gasteiger partial charge in [0.1, 0.15) is 34.9 Å². The first-order chi connectivity index (χ1) is 26.5. The first kappa shape index (κ1) is 40.3. The molecule has 3 heterocycles. The van der Waals surface area contributed by atoms with Crippen LogP contribution in [-0.2, 0) is 28.9 Å². The second kappa shape index (κ2) is 17.2. The predicted octanol–water partition coefficient (Wildman–Crippen LogP) is 6.28. The lowest BCUT2D eigenvalue weighted by Crippen LogP contribution is -2.53. The molecule has 13 nitrogen and oxygen atoms in total. The molecule has 2 bridgehead atoms. The minimum absolute atomic E-state index is 0.0206. The van der Waals surface area contributed by atoms with Gasteiger partial charge in [0.25, 0.3) is 14.1 Å². The van der Waals surface area contributed by atoms with E-state index in [1.807, 2.05) is 85.8 Å². The summed E-state index contributed by atoms with van der Waals surface area (Å²) in [7, 11) is 1.47. The number of rotatable bonds is 17. The maximum absolute atomic E-state index is 13.3. The third-order valence-electron chi connectivity index (χ3n) is 10.1. The number of fused-ring (bicyclic) bond motifs is 2. The van der Waals surface area contributed by atoms with E-state index >= 15 is 0 Å². The van der Waals surface area contributed by atoms with Crippen LogP contribution in [0.4, 0.5) is 0 Å². The monoisotopic (exact) mass is 772 g/mol. The van der Waals surface area contributed by atoms with E-state index in [2.05, 4.69) is 43.4 Å². The summed E-state index contributed by atoms with van der Waals surface area (Å²) in [6, 6.07) is 28.8. The van der Waals surface area contributed by atoms with Crippen LogP contribution in [0.1, 0.15) is 64.0 Å². The number of aromatic nitrogens is 2.